The minimum Gasteiger partial charge on any atom is -0.353 e. The number of nitrogens with one attached hydrogen (secondary N) is 3. The fourth-order valence-electron chi connectivity index (χ4n) is 3.29. The average Bonchev–Trinajstić information content (AvgIpc) is 3.49. The third kappa shape index (κ3) is 4.13. The summed E-state index contributed by atoms with van der Waals surface area (Å²) in [6.07, 6.45) is 2.83. The Bertz CT molecular complexity index is 1350. The fraction of sp³-hybridized carbons (Fsp3) is 0.350. The number of nitrogens with zero attached hydrogens (tertiary/aromatic N) is 3. The van der Waals surface area contributed by atoms with E-state index >= 15 is 0 Å². The zero-order valence-corrected chi connectivity index (χ0v) is 18.5. The predicted molar refractivity (Wildman–Crippen MR) is 120 cm³/mol. The molecule has 1 amide bonds. The third-order valence-corrected chi connectivity index (χ3v) is 6.46. The molecule has 1 aliphatic carbocycles. The van der Waals surface area contributed by atoms with Gasteiger partial charge in [-0.15, -0.1) is 0 Å². The molecular weight excluding hydrogens is 420 g/mol. The maximum atomic E-state index is 12.7. The summed E-state index contributed by atoms with van der Waals surface area (Å²) in [5.74, 6) is 0.193. The molecule has 2 heterocycles. The Labute approximate surface area is 179 Å². The van der Waals surface area contributed by atoms with Gasteiger partial charge in [-0.1, -0.05) is 6.07 Å². The van der Waals surface area contributed by atoms with E-state index in [1.165, 1.54) is 16.0 Å². The summed E-state index contributed by atoms with van der Waals surface area (Å²) < 4.78 is 26.8. The van der Waals surface area contributed by atoms with Crippen LogP contribution in [0.15, 0.2) is 29.1 Å². The van der Waals surface area contributed by atoms with Gasteiger partial charge in [0.05, 0.1) is 23.3 Å². The summed E-state index contributed by atoms with van der Waals surface area (Å²) in [6, 6.07) is 6.91. The van der Waals surface area contributed by atoms with Crippen LogP contribution in [0.4, 0.5) is 22.9 Å². The molecule has 0 unspecified atom stereocenters. The highest BCUT2D eigenvalue weighted by Gasteiger charge is 2.30. The molecule has 11 heteroatoms. The minimum atomic E-state index is -3.51. The molecule has 0 spiro atoms. The van der Waals surface area contributed by atoms with Crippen molar-refractivity contribution in [3.05, 3.63) is 40.2 Å². The maximum absolute atomic E-state index is 12.7. The van der Waals surface area contributed by atoms with E-state index in [0.717, 1.165) is 24.7 Å². The summed E-state index contributed by atoms with van der Waals surface area (Å²) in [6.45, 7) is 1.86. The smallest absolute Gasteiger partial charge is 0.277 e. The number of amides is 1. The second-order valence-corrected chi connectivity index (χ2v) is 9.91. The lowest BCUT2D eigenvalue weighted by Gasteiger charge is -2.22. The number of aromatic amines is 1. The van der Waals surface area contributed by atoms with Crippen LogP contribution < -0.4 is 20.5 Å². The van der Waals surface area contributed by atoms with Gasteiger partial charge >= 0.3 is 0 Å². The number of fused-ring (bicyclic) bond motifs is 1. The second kappa shape index (κ2) is 7.41. The molecule has 1 aromatic carbocycles. The van der Waals surface area contributed by atoms with Gasteiger partial charge in [-0.2, -0.15) is 0 Å². The zero-order valence-electron chi connectivity index (χ0n) is 17.7. The highest BCUT2D eigenvalue weighted by molar-refractivity contribution is 7.92. The van der Waals surface area contributed by atoms with E-state index in [-0.39, 0.29) is 17.4 Å². The third-order valence-electron chi connectivity index (χ3n) is 5.27. The standard InChI is InChI=1S/C20H24N6O4S/c1-11-5-8-13(15(9-11)26(3)31(4,29)30)21-14-10-16(23-19(27)12-6-7-12)22-18-17(14)20(28)25(2)24-18/h5,8-10,12H,6-7H2,1-4H3,(H3,21,22,23,24,27). The summed E-state index contributed by atoms with van der Waals surface area (Å²) in [5.41, 5.74) is 2.23. The molecule has 31 heavy (non-hydrogen) atoms. The summed E-state index contributed by atoms with van der Waals surface area (Å²) >= 11 is 0. The molecule has 0 radical (unpaired) electrons. The number of carbonyl (C=O) groups excluding carboxylic acids is 1. The Morgan fingerprint density at radius 1 is 1.26 bits per heavy atom. The molecule has 1 fully saturated rings. The van der Waals surface area contributed by atoms with E-state index in [2.05, 4.69) is 20.7 Å². The van der Waals surface area contributed by atoms with Crippen molar-refractivity contribution < 1.29 is 13.2 Å². The number of hydrogen-bond donors (Lipinski definition) is 3. The first-order valence-electron chi connectivity index (χ1n) is 9.77. The van der Waals surface area contributed by atoms with Crippen LogP contribution in [0.1, 0.15) is 18.4 Å². The van der Waals surface area contributed by atoms with Crippen LogP contribution in [0.5, 0.6) is 0 Å². The fourth-order valence-corrected chi connectivity index (χ4v) is 3.80. The monoisotopic (exact) mass is 444 g/mol. The normalized spacial score (nSPS) is 13.9. The number of aryl methyl sites for hydroxylation is 2. The van der Waals surface area contributed by atoms with Crippen LogP contribution in [0.25, 0.3) is 11.0 Å². The molecule has 10 nitrogen and oxygen atoms in total. The number of H-pyrrole nitrogens is 1. The molecule has 3 N–H and O–H groups in total. The van der Waals surface area contributed by atoms with Crippen molar-refractivity contribution in [2.75, 3.05) is 28.2 Å². The highest BCUT2D eigenvalue weighted by atomic mass is 32.2. The quantitative estimate of drug-likeness (QED) is 0.534. The largest absolute Gasteiger partial charge is 0.353 e. The maximum Gasteiger partial charge on any atom is 0.277 e. The van der Waals surface area contributed by atoms with E-state index < -0.39 is 10.0 Å². The Balaban J connectivity index is 1.82. The number of sulfonamides is 1. The van der Waals surface area contributed by atoms with Crippen molar-refractivity contribution in [1.82, 2.24) is 14.8 Å². The number of hydrogen-bond acceptors (Lipinski definition) is 6. The number of anilines is 4. The molecule has 0 atom stereocenters. The lowest BCUT2D eigenvalue weighted by molar-refractivity contribution is -0.117. The van der Waals surface area contributed by atoms with Gasteiger partial charge in [0.25, 0.3) is 5.56 Å². The topological polar surface area (TPSA) is 129 Å². The lowest BCUT2D eigenvalue weighted by Crippen LogP contribution is -2.25. The van der Waals surface area contributed by atoms with Crippen molar-refractivity contribution in [1.29, 1.82) is 0 Å². The number of aromatic nitrogens is 3. The minimum absolute atomic E-state index is 0.00385. The van der Waals surface area contributed by atoms with Crippen LogP contribution in [0, 0.1) is 12.8 Å². The first kappa shape index (κ1) is 20.9. The summed E-state index contributed by atoms with van der Waals surface area (Å²) in [4.78, 5) is 29.3. The number of rotatable bonds is 6. The predicted octanol–water partition coefficient (Wildman–Crippen LogP) is 2.06. The van der Waals surface area contributed by atoms with Gasteiger partial charge in [0.2, 0.25) is 15.9 Å². The SMILES string of the molecule is Cc1ccc(Nc2cc(NC(=O)C3CC3)nc3[nH]n(C)c(=O)c23)c(N(C)S(C)(=O)=O)c1. The molecule has 0 aliphatic heterocycles. The molecule has 164 valence electrons. The molecular formula is C20H24N6O4S. The zero-order chi connectivity index (χ0) is 22.5. The van der Waals surface area contributed by atoms with Crippen molar-refractivity contribution in [3.63, 3.8) is 0 Å². The van der Waals surface area contributed by atoms with Gasteiger partial charge in [-0.3, -0.25) is 23.7 Å². The molecule has 1 aliphatic rings. The Morgan fingerprint density at radius 2 is 1.97 bits per heavy atom. The lowest BCUT2D eigenvalue weighted by atomic mass is 10.1. The second-order valence-electron chi connectivity index (χ2n) is 7.89. The number of pyridine rings is 1. The van der Waals surface area contributed by atoms with Gasteiger partial charge < -0.3 is 10.6 Å². The Morgan fingerprint density at radius 3 is 2.61 bits per heavy atom. The van der Waals surface area contributed by atoms with Crippen LogP contribution in [-0.4, -0.2) is 42.4 Å². The summed E-state index contributed by atoms with van der Waals surface area (Å²) in [7, 11) is -0.468. The first-order chi connectivity index (χ1) is 14.5. The van der Waals surface area contributed by atoms with E-state index in [4.69, 9.17) is 0 Å². The molecule has 0 bridgehead atoms. The van der Waals surface area contributed by atoms with Gasteiger partial charge in [-0.25, -0.2) is 13.4 Å². The van der Waals surface area contributed by atoms with Crippen LogP contribution in [0.3, 0.4) is 0 Å². The summed E-state index contributed by atoms with van der Waals surface area (Å²) in [5, 5.41) is 9.16. The molecule has 1 saturated carbocycles. The van der Waals surface area contributed by atoms with E-state index in [1.54, 1.807) is 25.2 Å². The van der Waals surface area contributed by atoms with Crippen molar-refractivity contribution in [2.45, 2.75) is 19.8 Å². The van der Waals surface area contributed by atoms with Gasteiger partial charge in [0, 0.05) is 26.1 Å². The average molecular weight is 445 g/mol. The Kier molecular flexibility index (Phi) is 5.00. The highest BCUT2D eigenvalue weighted by Crippen LogP contribution is 2.34. The van der Waals surface area contributed by atoms with E-state index in [1.807, 2.05) is 13.0 Å². The molecule has 0 saturated heterocycles. The van der Waals surface area contributed by atoms with Crippen LogP contribution in [0.2, 0.25) is 0 Å². The Hall–Kier alpha value is -3.34. The van der Waals surface area contributed by atoms with E-state index in [0.29, 0.717) is 33.9 Å². The van der Waals surface area contributed by atoms with Gasteiger partial charge in [0.15, 0.2) is 5.65 Å². The molecule has 2 aromatic heterocycles. The van der Waals surface area contributed by atoms with Crippen LogP contribution >= 0.6 is 0 Å². The van der Waals surface area contributed by atoms with Gasteiger partial charge in [0.1, 0.15) is 11.2 Å². The number of benzene rings is 1. The molecule has 3 aromatic rings. The van der Waals surface area contributed by atoms with Crippen molar-refractivity contribution >= 4 is 49.8 Å². The molecule has 4 rings (SSSR count). The van der Waals surface area contributed by atoms with Gasteiger partial charge in [-0.05, 0) is 37.5 Å². The first-order valence-corrected chi connectivity index (χ1v) is 11.6. The number of carbonyl (C=O) groups is 1. The van der Waals surface area contributed by atoms with Crippen LogP contribution in [-0.2, 0) is 21.9 Å². The van der Waals surface area contributed by atoms with Crippen molar-refractivity contribution in [3.8, 4) is 0 Å². The van der Waals surface area contributed by atoms with E-state index in [9.17, 15) is 18.0 Å². The van der Waals surface area contributed by atoms with Crippen molar-refractivity contribution in [2.24, 2.45) is 13.0 Å².